The van der Waals surface area contributed by atoms with Crippen LogP contribution in [0.2, 0.25) is 0 Å². The molecule has 5 heteroatoms. The molecule has 1 heterocycles. The van der Waals surface area contributed by atoms with Gasteiger partial charge in [-0.15, -0.1) is 0 Å². The third kappa shape index (κ3) is 4.27. The number of hydrogen-bond acceptors (Lipinski definition) is 3. The summed E-state index contributed by atoms with van der Waals surface area (Å²) in [6.45, 7) is 3.24. The summed E-state index contributed by atoms with van der Waals surface area (Å²) in [5, 5.41) is 0. The van der Waals surface area contributed by atoms with E-state index in [0.717, 1.165) is 30.3 Å². The van der Waals surface area contributed by atoms with E-state index >= 15 is 0 Å². The van der Waals surface area contributed by atoms with Gasteiger partial charge in [0, 0.05) is 23.0 Å². The average Bonchev–Trinajstić information content (AvgIpc) is 2.60. The van der Waals surface area contributed by atoms with Crippen molar-refractivity contribution < 1.29 is 9.53 Å². The minimum absolute atomic E-state index is 0.00647. The molecule has 1 aliphatic rings. The van der Waals surface area contributed by atoms with Gasteiger partial charge >= 0.3 is 0 Å². The Morgan fingerprint density at radius 2 is 2.04 bits per heavy atom. The number of likely N-dealkylation sites (N-methyl/N-ethyl adjacent to an activating group) is 1. The van der Waals surface area contributed by atoms with E-state index in [1.54, 1.807) is 6.07 Å². The number of piperidine rings is 1. The molecule has 2 unspecified atom stereocenters. The number of carbonyl (C=O) groups excluding carboxylic acids is 1. The first-order valence-corrected chi connectivity index (χ1v) is 9.68. The first-order chi connectivity index (χ1) is 12.4. The third-order valence-corrected chi connectivity index (χ3v) is 5.80. The van der Waals surface area contributed by atoms with Gasteiger partial charge < -0.3 is 15.4 Å². The first kappa shape index (κ1) is 18.9. The smallest absolute Gasteiger partial charge is 0.252 e. The zero-order valence-electron chi connectivity index (χ0n) is 15.2. The molecule has 0 aromatic heterocycles. The highest BCUT2D eigenvalue weighted by Gasteiger charge is 2.37. The summed E-state index contributed by atoms with van der Waals surface area (Å²) in [5.41, 5.74) is 7.27. The maximum absolute atomic E-state index is 11.7. The molecular weight excluding hydrogens is 392 g/mol. The molecule has 26 heavy (non-hydrogen) atoms. The minimum Gasteiger partial charge on any atom is -0.489 e. The Bertz CT molecular complexity index is 781. The van der Waals surface area contributed by atoms with E-state index < -0.39 is 5.91 Å². The lowest BCUT2D eigenvalue weighted by atomic mass is 9.82. The van der Waals surface area contributed by atoms with Crippen LogP contribution in [0.3, 0.4) is 0 Å². The zero-order valence-corrected chi connectivity index (χ0v) is 16.8. The van der Waals surface area contributed by atoms with Gasteiger partial charge in [-0.2, -0.15) is 0 Å². The van der Waals surface area contributed by atoms with E-state index in [4.69, 9.17) is 10.5 Å². The molecule has 2 aromatic carbocycles. The van der Waals surface area contributed by atoms with Crippen LogP contribution in [0.4, 0.5) is 0 Å². The number of primary amides is 1. The van der Waals surface area contributed by atoms with Gasteiger partial charge in [0.15, 0.2) is 0 Å². The molecule has 0 aliphatic carbocycles. The van der Waals surface area contributed by atoms with Crippen molar-refractivity contribution in [3.05, 3.63) is 64.1 Å². The van der Waals surface area contributed by atoms with E-state index in [0.29, 0.717) is 11.3 Å². The highest BCUT2D eigenvalue weighted by Crippen LogP contribution is 2.33. The van der Waals surface area contributed by atoms with Crippen molar-refractivity contribution in [2.24, 2.45) is 5.73 Å². The fourth-order valence-corrected chi connectivity index (χ4v) is 4.04. The number of halogens is 1. The molecule has 138 valence electrons. The molecular formula is C21H25BrN2O2. The van der Waals surface area contributed by atoms with Crippen molar-refractivity contribution in [2.75, 3.05) is 13.6 Å². The van der Waals surface area contributed by atoms with Crippen LogP contribution in [0.5, 0.6) is 5.75 Å². The number of nitrogens with two attached hydrogens (primary N) is 1. The van der Waals surface area contributed by atoms with Crippen LogP contribution >= 0.6 is 15.9 Å². The van der Waals surface area contributed by atoms with Crippen molar-refractivity contribution in [1.82, 2.24) is 4.90 Å². The minimum atomic E-state index is -0.471. The van der Waals surface area contributed by atoms with Gasteiger partial charge in [0.05, 0.1) is 5.56 Å². The molecule has 1 aliphatic heterocycles. The molecule has 4 nitrogen and oxygen atoms in total. The van der Waals surface area contributed by atoms with Crippen LogP contribution in [-0.2, 0) is 6.42 Å². The van der Waals surface area contributed by atoms with Crippen molar-refractivity contribution in [3.8, 4) is 5.75 Å². The van der Waals surface area contributed by atoms with Gasteiger partial charge in [0.1, 0.15) is 11.9 Å². The largest absolute Gasteiger partial charge is 0.489 e. The second-order valence-corrected chi connectivity index (χ2v) is 8.23. The highest BCUT2D eigenvalue weighted by atomic mass is 79.9. The molecule has 2 aromatic rings. The fraction of sp³-hybridized carbons (Fsp3) is 0.381. The number of hydrogen-bond donors (Lipinski definition) is 1. The predicted octanol–water partition coefficient (Wildman–Crippen LogP) is 4.02. The van der Waals surface area contributed by atoms with Gasteiger partial charge in [-0.1, -0.05) is 46.3 Å². The topological polar surface area (TPSA) is 55.6 Å². The Labute approximate surface area is 163 Å². The molecule has 1 fully saturated rings. The van der Waals surface area contributed by atoms with Crippen LogP contribution in [-0.4, -0.2) is 36.0 Å². The summed E-state index contributed by atoms with van der Waals surface area (Å²) in [5.74, 6) is 0.0959. The Morgan fingerprint density at radius 1 is 1.31 bits per heavy atom. The Morgan fingerprint density at radius 3 is 2.73 bits per heavy atom. The van der Waals surface area contributed by atoms with E-state index in [-0.39, 0.29) is 11.6 Å². The standard InChI is InChI=1S/C21H25BrN2O2/c1-21(13-15-6-4-3-5-7-15)14-17(10-11-24(21)2)26-19-9-8-16(22)12-18(19)20(23)25/h3-9,12,17H,10-11,13-14H2,1-2H3,(H2,23,25). The Hall–Kier alpha value is -1.85. The van der Waals surface area contributed by atoms with E-state index in [1.807, 2.05) is 18.2 Å². The third-order valence-electron chi connectivity index (χ3n) is 5.30. The van der Waals surface area contributed by atoms with Crippen LogP contribution in [0.25, 0.3) is 0 Å². The maximum atomic E-state index is 11.7. The SMILES string of the molecule is CN1CCC(Oc2ccc(Br)cc2C(N)=O)CC1(C)Cc1ccccc1. The number of amides is 1. The summed E-state index contributed by atoms with van der Waals surface area (Å²) in [7, 11) is 2.17. The lowest BCUT2D eigenvalue weighted by Crippen LogP contribution is -2.53. The quantitative estimate of drug-likeness (QED) is 0.800. The normalized spacial score (nSPS) is 23.6. The summed E-state index contributed by atoms with van der Waals surface area (Å²) in [6.07, 6.45) is 2.84. The van der Waals surface area contributed by atoms with Crippen LogP contribution in [0.15, 0.2) is 53.0 Å². The highest BCUT2D eigenvalue weighted by molar-refractivity contribution is 9.10. The molecule has 0 bridgehead atoms. The monoisotopic (exact) mass is 416 g/mol. The molecule has 2 atom stereocenters. The molecule has 2 N–H and O–H groups in total. The fourth-order valence-electron chi connectivity index (χ4n) is 3.68. The Balaban J connectivity index is 1.77. The van der Waals surface area contributed by atoms with Crippen molar-refractivity contribution in [1.29, 1.82) is 0 Å². The van der Waals surface area contributed by atoms with E-state index in [9.17, 15) is 4.79 Å². The lowest BCUT2D eigenvalue weighted by molar-refractivity contribution is 0.0150. The summed E-state index contributed by atoms with van der Waals surface area (Å²) in [6, 6.07) is 16.0. The first-order valence-electron chi connectivity index (χ1n) is 8.88. The van der Waals surface area contributed by atoms with Gasteiger partial charge in [0.25, 0.3) is 5.91 Å². The second-order valence-electron chi connectivity index (χ2n) is 7.32. The number of ether oxygens (including phenoxy) is 1. The van der Waals surface area contributed by atoms with Crippen molar-refractivity contribution in [3.63, 3.8) is 0 Å². The van der Waals surface area contributed by atoms with Crippen LogP contribution in [0.1, 0.15) is 35.7 Å². The predicted molar refractivity (Wildman–Crippen MR) is 107 cm³/mol. The molecule has 3 rings (SSSR count). The number of rotatable bonds is 5. The molecule has 0 saturated carbocycles. The second kappa shape index (κ2) is 7.80. The van der Waals surface area contributed by atoms with E-state index in [1.165, 1.54) is 5.56 Å². The average molecular weight is 417 g/mol. The van der Waals surface area contributed by atoms with Crippen LogP contribution < -0.4 is 10.5 Å². The van der Waals surface area contributed by atoms with Crippen molar-refractivity contribution in [2.45, 2.75) is 37.8 Å². The number of carbonyl (C=O) groups is 1. The number of benzene rings is 2. The van der Waals surface area contributed by atoms with Gasteiger partial charge in [-0.05, 0) is 50.6 Å². The summed E-state index contributed by atoms with van der Waals surface area (Å²) < 4.78 is 7.05. The van der Waals surface area contributed by atoms with Crippen LogP contribution in [0, 0.1) is 0 Å². The number of nitrogens with zero attached hydrogens (tertiary/aromatic N) is 1. The number of likely N-dealkylation sites (tertiary alicyclic amines) is 1. The van der Waals surface area contributed by atoms with Gasteiger partial charge in [0.2, 0.25) is 0 Å². The van der Waals surface area contributed by atoms with Gasteiger partial charge in [-0.25, -0.2) is 0 Å². The van der Waals surface area contributed by atoms with Gasteiger partial charge in [-0.3, -0.25) is 4.79 Å². The van der Waals surface area contributed by atoms with Crippen molar-refractivity contribution >= 4 is 21.8 Å². The lowest BCUT2D eigenvalue weighted by Gasteiger charge is -2.46. The summed E-state index contributed by atoms with van der Waals surface area (Å²) in [4.78, 5) is 14.2. The molecule has 0 radical (unpaired) electrons. The molecule has 1 saturated heterocycles. The molecule has 0 spiro atoms. The zero-order chi connectivity index (χ0) is 18.7. The molecule has 1 amide bonds. The Kier molecular flexibility index (Phi) is 5.68. The van der Waals surface area contributed by atoms with E-state index in [2.05, 4.69) is 59.1 Å². The summed E-state index contributed by atoms with van der Waals surface area (Å²) >= 11 is 3.38. The maximum Gasteiger partial charge on any atom is 0.252 e.